The monoisotopic (exact) mass is 225 g/mol. The molecule has 0 unspecified atom stereocenters. The molecule has 3 nitrogen and oxygen atoms in total. The summed E-state index contributed by atoms with van der Waals surface area (Å²) in [7, 11) is 0. The second-order valence-corrected chi connectivity index (χ2v) is 3.30. The van der Waals surface area contributed by atoms with Crippen LogP contribution in [0.25, 0.3) is 11.0 Å². The lowest BCUT2D eigenvalue weighted by molar-refractivity contribution is 1.08. The van der Waals surface area contributed by atoms with Crippen molar-refractivity contribution < 1.29 is 0 Å². The molecule has 62 valence electrons. The first-order valence-electron chi connectivity index (χ1n) is 3.64. The van der Waals surface area contributed by atoms with E-state index in [0.29, 0.717) is 6.54 Å². The molecule has 0 amide bonds. The van der Waals surface area contributed by atoms with Crippen molar-refractivity contribution in [2.24, 2.45) is 5.73 Å². The first-order chi connectivity index (χ1) is 5.81. The predicted octanol–water partition coefficient (Wildman–Crippen LogP) is 1.78. The highest BCUT2D eigenvalue weighted by atomic mass is 79.9. The first kappa shape index (κ1) is 7.76. The van der Waals surface area contributed by atoms with Gasteiger partial charge in [-0.25, -0.2) is 4.98 Å². The Hall–Kier alpha value is -0.870. The Balaban J connectivity index is 2.78. The summed E-state index contributed by atoms with van der Waals surface area (Å²) in [6.45, 7) is 0.522. The Kier molecular flexibility index (Phi) is 1.86. The molecular formula is C8H8BrN3. The maximum absolute atomic E-state index is 5.56. The van der Waals surface area contributed by atoms with Gasteiger partial charge in [0, 0.05) is 6.54 Å². The van der Waals surface area contributed by atoms with Crippen LogP contribution < -0.4 is 5.73 Å². The number of aromatic amines is 1. The van der Waals surface area contributed by atoms with Gasteiger partial charge in [-0.15, -0.1) is 0 Å². The smallest absolute Gasteiger partial charge is 0.175 e. The average molecular weight is 226 g/mol. The van der Waals surface area contributed by atoms with Crippen molar-refractivity contribution in [3.63, 3.8) is 0 Å². The molecule has 0 radical (unpaired) electrons. The van der Waals surface area contributed by atoms with E-state index in [-0.39, 0.29) is 0 Å². The molecule has 4 heteroatoms. The molecule has 1 heterocycles. The number of aromatic nitrogens is 2. The molecule has 2 aromatic rings. The fraction of sp³-hybridized carbons (Fsp3) is 0.125. The third-order valence-corrected chi connectivity index (χ3v) is 2.16. The lowest BCUT2D eigenvalue weighted by Crippen LogP contribution is -1.96. The fourth-order valence-corrected chi connectivity index (χ4v) is 1.62. The highest BCUT2D eigenvalue weighted by Gasteiger charge is 2.02. The van der Waals surface area contributed by atoms with Crippen molar-refractivity contribution in [1.82, 2.24) is 9.97 Å². The Labute approximate surface area is 78.1 Å². The summed E-state index contributed by atoms with van der Waals surface area (Å²) in [4.78, 5) is 7.35. The second-order valence-electron chi connectivity index (χ2n) is 2.55. The number of para-hydroxylation sites is 1. The molecule has 0 aliphatic rings. The van der Waals surface area contributed by atoms with Crippen molar-refractivity contribution in [3.05, 3.63) is 28.5 Å². The van der Waals surface area contributed by atoms with Crippen LogP contribution in [0.15, 0.2) is 22.9 Å². The van der Waals surface area contributed by atoms with Gasteiger partial charge in [0.1, 0.15) is 0 Å². The van der Waals surface area contributed by atoms with Gasteiger partial charge >= 0.3 is 0 Å². The molecule has 2 rings (SSSR count). The van der Waals surface area contributed by atoms with E-state index in [1.165, 1.54) is 0 Å². The number of nitrogens with zero attached hydrogens (tertiary/aromatic N) is 1. The topological polar surface area (TPSA) is 54.7 Å². The molecule has 0 aliphatic carbocycles. The molecule has 0 atom stereocenters. The number of imidazole rings is 1. The molecular weight excluding hydrogens is 218 g/mol. The SMILES string of the molecule is NCc1cccc2[nH]c(Br)nc12. The van der Waals surface area contributed by atoms with E-state index in [1.807, 2.05) is 18.2 Å². The van der Waals surface area contributed by atoms with Gasteiger partial charge in [0.15, 0.2) is 4.73 Å². The van der Waals surface area contributed by atoms with Crippen LogP contribution in [0.2, 0.25) is 0 Å². The van der Waals surface area contributed by atoms with Gasteiger partial charge in [0.25, 0.3) is 0 Å². The highest BCUT2D eigenvalue weighted by molar-refractivity contribution is 9.10. The third kappa shape index (κ3) is 1.13. The molecule has 0 spiro atoms. The first-order valence-corrected chi connectivity index (χ1v) is 4.44. The predicted molar refractivity (Wildman–Crippen MR) is 51.7 cm³/mol. The number of halogens is 1. The van der Waals surface area contributed by atoms with Crippen LogP contribution in [0.3, 0.4) is 0 Å². The van der Waals surface area contributed by atoms with E-state index in [2.05, 4.69) is 25.9 Å². The highest BCUT2D eigenvalue weighted by Crippen LogP contribution is 2.18. The van der Waals surface area contributed by atoms with E-state index >= 15 is 0 Å². The van der Waals surface area contributed by atoms with E-state index in [9.17, 15) is 0 Å². The minimum Gasteiger partial charge on any atom is -0.332 e. The molecule has 0 fully saturated rings. The van der Waals surface area contributed by atoms with Crippen molar-refractivity contribution in [2.45, 2.75) is 6.54 Å². The minimum absolute atomic E-state index is 0.522. The van der Waals surface area contributed by atoms with Crippen molar-refractivity contribution >= 4 is 27.0 Å². The number of nitrogens with two attached hydrogens (primary N) is 1. The van der Waals surface area contributed by atoms with Gasteiger partial charge in [0.2, 0.25) is 0 Å². The van der Waals surface area contributed by atoms with E-state index in [1.54, 1.807) is 0 Å². The van der Waals surface area contributed by atoms with E-state index < -0.39 is 0 Å². The minimum atomic E-state index is 0.522. The normalized spacial score (nSPS) is 10.8. The molecule has 0 saturated heterocycles. The quantitative estimate of drug-likeness (QED) is 0.778. The number of hydrogen-bond acceptors (Lipinski definition) is 2. The zero-order chi connectivity index (χ0) is 8.55. The van der Waals surface area contributed by atoms with E-state index in [4.69, 9.17) is 5.73 Å². The van der Waals surface area contributed by atoms with Gasteiger partial charge in [-0.2, -0.15) is 0 Å². The summed E-state index contributed by atoms with van der Waals surface area (Å²) < 4.78 is 0.749. The van der Waals surface area contributed by atoms with Gasteiger partial charge in [0.05, 0.1) is 11.0 Å². The van der Waals surface area contributed by atoms with Crippen LogP contribution in [0.1, 0.15) is 5.56 Å². The molecule has 1 aromatic heterocycles. The molecule has 0 bridgehead atoms. The van der Waals surface area contributed by atoms with Gasteiger partial charge in [-0.1, -0.05) is 12.1 Å². The molecule has 1 aromatic carbocycles. The average Bonchev–Trinajstić information content (AvgIpc) is 2.44. The lowest BCUT2D eigenvalue weighted by atomic mass is 10.2. The number of H-pyrrole nitrogens is 1. The summed E-state index contributed by atoms with van der Waals surface area (Å²) >= 11 is 3.28. The molecule has 0 saturated carbocycles. The maximum Gasteiger partial charge on any atom is 0.175 e. The number of fused-ring (bicyclic) bond motifs is 1. The summed E-state index contributed by atoms with van der Waals surface area (Å²) in [6, 6.07) is 5.93. The molecule has 3 N–H and O–H groups in total. The molecule has 12 heavy (non-hydrogen) atoms. The Morgan fingerprint density at radius 2 is 2.33 bits per heavy atom. The van der Waals surface area contributed by atoms with Crippen LogP contribution in [-0.4, -0.2) is 9.97 Å². The number of rotatable bonds is 1. The summed E-state index contributed by atoms with van der Waals surface area (Å²) in [5, 5.41) is 0. The van der Waals surface area contributed by atoms with Crippen molar-refractivity contribution in [2.75, 3.05) is 0 Å². The van der Waals surface area contributed by atoms with E-state index in [0.717, 1.165) is 21.3 Å². The Bertz CT molecular complexity index is 408. The molecule has 0 aliphatic heterocycles. The van der Waals surface area contributed by atoms with Crippen molar-refractivity contribution in [3.8, 4) is 0 Å². The largest absolute Gasteiger partial charge is 0.332 e. The Morgan fingerprint density at radius 3 is 3.08 bits per heavy atom. The van der Waals surface area contributed by atoms with Crippen LogP contribution in [0.5, 0.6) is 0 Å². The van der Waals surface area contributed by atoms with Crippen molar-refractivity contribution in [1.29, 1.82) is 0 Å². The van der Waals surface area contributed by atoms with Gasteiger partial charge < -0.3 is 10.7 Å². The fourth-order valence-electron chi connectivity index (χ4n) is 1.23. The van der Waals surface area contributed by atoms with Gasteiger partial charge in [-0.3, -0.25) is 0 Å². The van der Waals surface area contributed by atoms with Gasteiger partial charge in [-0.05, 0) is 27.6 Å². The number of nitrogens with one attached hydrogen (secondary N) is 1. The third-order valence-electron chi connectivity index (χ3n) is 1.79. The van der Waals surface area contributed by atoms with Crippen LogP contribution in [-0.2, 0) is 6.54 Å². The van der Waals surface area contributed by atoms with Crippen LogP contribution in [0, 0.1) is 0 Å². The van der Waals surface area contributed by atoms with Crippen LogP contribution >= 0.6 is 15.9 Å². The lowest BCUT2D eigenvalue weighted by Gasteiger charge is -1.95. The standard InChI is InChI=1S/C8H8BrN3/c9-8-11-6-3-1-2-5(4-10)7(6)12-8/h1-3H,4,10H2,(H,11,12). The van der Waals surface area contributed by atoms with Crippen LogP contribution in [0.4, 0.5) is 0 Å². The zero-order valence-electron chi connectivity index (χ0n) is 6.34. The second kappa shape index (κ2) is 2.88. The summed E-state index contributed by atoms with van der Waals surface area (Å²) in [5.74, 6) is 0. The summed E-state index contributed by atoms with van der Waals surface area (Å²) in [5.41, 5.74) is 8.59. The zero-order valence-corrected chi connectivity index (χ0v) is 7.93. The summed E-state index contributed by atoms with van der Waals surface area (Å²) in [6.07, 6.45) is 0. The Morgan fingerprint density at radius 1 is 1.50 bits per heavy atom. The number of benzene rings is 1. The number of hydrogen-bond donors (Lipinski definition) is 2. The maximum atomic E-state index is 5.56.